The summed E-state index contributed by atoms with van der Waals surface area (Å²) < 4.78 is 0. The lowest BCUT2D eigenvalue weighted by Gasteiger charge is -2.34. The molecule has 1 aliphatic rings. The van der Waals surface area contributed by atoms with Crippen LogP contribution in [0.2, 0.25) is 0 Å². The van der Waals surface area contributed by atoms with E-state index in [9.17, 15) is 9.59 Å². The molecule has 7 nitrogen and oxygen atoms in total. The van der Waals surface area contributed by atoms with Crippen molar-refractivity contribution in [3.05, 3.63) is 29.8 Å². The summed E-state index contributed by atoms with van der Waals surface area (Å²) in [6, 6.07) is 7.71. The molecule has 7 heteroatoms. The molecule has 0 bridgehead atoms. The van der Waals surface area contributed by atoms with Gasteiger partial charge in [0.15, 0.2) is 5.96 Å². The minimum Gasteiger partial charge on any atom is -0.370 e. The van der Waals surface area contributed by atoms with Crippen molar-refractivity contribution in [3.63, 3.8) is 0 Å². The highest BCUT2D eigenvalue weighted by Crippen LogP contribution is 2.19. The molecule has 1 atom stereocenters. The summed E-state index contributed by atoms with van der Waals surface area (Å²) in [5.74, 6) is 0.770. The fraction of sp³-hybridized carbons (Fsp3) is 0.500. The Morgan fingerprint density at radius 2 is 2.20 bits per heavy atom. The molecule has 1 aliphatic heterocycles. The molecular formula is C18H27N5O2. The minimum absolute atomic E-state index is 0.0882. The van der Waals surface area contributed by atoms with Crippen molar-refractivity contribution < 1.29 is 9.59 Å². The summed E-state index contributed by atoms with van der Waals surface area (Å²) in [6.45, 7) is 3.80. The van der Waals surface area contributed by atoms with Gasteiger partial charge in [-0.3, -0.25) is 14.6 Å². The molecule has 1 aromatic rings. The maximum absolute atomic E-state index is 11.2. The fourth-order valence-electron chi connectivity index (χ4n) is 3.18. The summed E-state index contributed by atoms with van der Waals surface area (Å²) in [5.41, 5.74) is 7.16. The standard InChI is InChI=1S/C18H27N5O2/c1-13(24)22-16-7-3-5-14(9-16)11-21-18(20-2)23-8-4-6-15(12-23)10-17(19)25/h3,5,7,9,15H,4,6,8,10-12H2,1-2H3,(H2,19,25)(H,20,21)(H,22,24). The van der Waals surface area contributed by atoms with E-state index in [0.29, 0.717) is 13.0 Å². The number of benzene rings is 1. The van der Waals surface area contributed by atoms with Gasteiger partial charge in [0, 0.05) is 45.7 Å². The van der Waals surface area contributed by atoms with Gasteiger partial charge in [-0.05, 0) is 36.5 Å². The number of primary amides is 1. The summed E-state index contributed by atoms with van der Waals surface area (Å²) in [4.78, 5) is 28.9. The molecule has 0 aliphatic carbocycles. The molecule has 1 aromatic carbocycles. The number of rotatable bonds is 5. The van der Waals surface area contributed by atoms with Crippen LogP contribution < -0.4 is 16.4 Å². The number of hydrogen-bond acceptors (Lipinski definition) is 3. The van der Waals surface area contributed by atoms with Crippen LogP contribution in [0.3, 0.4) is 0 Å². The van der Waals surface area contributed by atoms with Crippen molar-refractivity contribution in [2.24, 2.45) is 16.6 Å². The summed E-state index contributed by atoms with van der Waals surface area (Å²) in [7, 11) is 1.76. The Balaban J connectivity index is 1.94. The van der Waals surface area contributed by atoms with Crippen molar-refractivity contribution >= 4 is 23.5 Å². The zero-order valence-electron chi connectivity index (χ0n) is 14.9. The van der Waals surface area contributed by atoms with E-state index in [1.807, 2.05) is 24.3 Å². The van der Waals surface area contributed by atoms with E-state index >= 15 is 0 Å². The first kappa shape index (κ1) is 18.8. The molecule has 0 aromatic heterocycles. The number of carbonyl (C=O) groups is 2. The Morgan fingerprint density at radius 1 is 1.40 bits per heavy atom. The largest absolute Gasteiger partial charge is 0.370 e. The second-order valence-corrected chi connectivity index (χ2v) is 6.41. The number of aliphatic imine (C=N–C) groups is 1. The van der Waals surface area contributed by atoms with Crippen molar-refractivity contribution in [2.75, 3.05) is 25.5 Å². The van der Waals surface area contributed by atoms with E-state index in [1.165, 1.54) is 6.92 Å². The second-order valence-electron chi connectivity index (χ2n) is 6.41. The average Bonchev–Trinajstić information content (AvgIpc) is 2.55. The van der Waals surface area contributed by atoms with Crippen LogP contribution in [-0.2, 0) is 16.1 Å². The molecule has 2 rings (SSSR count). The van der Waals surface area contributed by atoms with Gasteiger partial charge in [-0.15, -0.1) is 0 Å². The lowest BCUT2D eigenvalue weighted by Crippen LogP contribution is -2.46. The molecule has 0 radical (unpaired) electrons. The fourth-order valence-corrected chi connectivity index (χ4v) is 3.18. The predicted octanol–water partition coefficient (Wildman–Crippen LogP) is 1.31. The number of anilines is 1. The van der Waals surface area contributed by atoms with Gasteiger partial charge in [0.05, 0.1) is 0 Å². The third-order valence-corrected chi connectivity index (χ3v) is 4.22. The Bertz CT molecular complexity index is 644. The number of hydrogen-bond donors (Lipinski definition) is 3. The van der Waals surface area contributed by atoms with Crippen molar-refractivity contribution in [1.82, 2.24) is 10.2 Å². The van der Waals surface area contributed by atoms with Crippen LogP contribution in [0.1, 0.15) is 31.7 Å². The number of likely N-dealkylation sites (tertiary alicyclic amines) is 1. The Morgan fingerprint density at radius 3 is 2.88 bits per heavy atom. The Hall–Kier alpha value is -2.57. The topological polar surface area (TPSA) is 99.8 Å². The monoisotopic (exact) mass is 345 g/mol. The molecule has 136 valence electrons. The highest BCUT2D eigenvalue weighted by molar-refractivity contribution is 5.88. The van der Waals surface area contributed by atoms with Gasteiger partial charge in [0.2, 0.25) is 11.8 Å². The molecule has 1 unspecified atom stereocenters. The average molecular weight is 345 g/mol. The highest BCUT2D eigenvalue weighted by atomic mass is 16.1. The first-order chi connectivity index (χ1) is 12.0. The SMILES string of the molecule is CN=C(NCc1cccc(NC(C)=O)c1)N1CCCC(CC(N)=O)C1. The van der Waals surface area contributed by atoms with Gasteiger partial charge in [-0.2, -0.15) is 0 Å². The number of guanidine groups is 1. The van der Waals surface area contributed by atoms with Gasteiger partial charge in [0.25, 0.3) is 0 Å². The molecule has 1 saturated heterocycles. The van der Waals surface area contributed by atoms with Crippen molar-refractivity contribution in [2.45, 2.75) is 32.7 Å². The molecule has 4 N–H and O–H groups in total. The molecule has 0 spiro atoms. The number of amides is 2. The Kier molecular flexibility index (Phi) is 6.80. The van der Waals surface area contributed by atoms with Gasteiger partial charge >= 0.3 is 0 Å². The second kappa shape index (κ2) is 9.05. The summed E-state index contributed by atoms with van der Waals surface area (Å²) >= 11 is 0. The van der Waals surface area contributed by atoms with E-state index in [2.05, 4.69) is 20.5 Å². The molecule has 1 fully saturated rings. The normalized spacial score (nSPS) is 17.9. The first-order valence-corrected chi connectivity index (χ1v) is 8.58. The van der Waals surface area contributed by atoms with Crippen molar-refractivity contribution in [1.29, 1.82) is 0 Å². The van der Waals surface area contributed by atoms with Crippen molar-refractivity contribution in [3.8, 4) is 0 Å². The van der Waals surface area contributed by atoms with Crippen LogP contribution in [0, 0.1) is 5.92 Å². The minimum atomic E-state index is -0.246. The maximum Gasteiger partial charge on any atom is 0.221 e. The summed E-state index contributed by atoms with van der Waals surface area (Å²) in [5, 5.41) is 6.14. The number of nitrogens with zero attached hydrogens (tertiary/aromatic N) is 2. The third kappa shape index (κ3) is 6.10. The van der Waals surface area contributed by atoms with Gasteiger partial charge < -0.3 is 21.3 Å². The number of nitrogens with one attached hydrogen (secondary N) is 2. The third-order valence-electron chi connectivity index (χ3n) is 4.22. The van der Waals surface area contributed by atoms with Crippen LogP contribution in [0.25, 0.3) is 0 Å². The summed E-state index contributed by atoms with van der Waals surface area (Å²) in [6.07, 6.45) is 2.47. The number of carbonyl (C=O) groups excluding carboxylic acids is 2. The predicted molar refractivity (Wildman–Crippen MR) is 99.1 cm³/mol. The Labute approximate surface area is 148 Å². The molecule has 0 saturated carbocycles. The molecule has 2 amide bonds. The quantitative estimate of drug-likeness (QED) is 0.553. The number of nitrogens with two attached hydrogens (primary N) is 1. The highest BCUT2D eigenvalue weighted by Gasteiger charge is 2.23. The van der Waals surface area contributed by atoms with Gasteiger partial charge in [0.1, 0.15) is 0 Å². The van der Waals surface area contributed by atoms with E-state index in [-0.39, 0.29) is 17.7 Å². The number of piperidine rings is 1. The smallest absolute Gasteiger partial charge is 0.221 e. The van der Waals surface area contributed by atoms with E-state index < -0.39 is 0 Å². The van der Waals surface area contributed by atoms with Crippen LogP contribution in [0.5, 0.6) is 0 Å². The first-order valence-electron chi connectivity index (χ1n) is 8.58. The zero-order chi connectivity index (χ0) is 18.2. The lowest BCUT2D eigenvalue weighted by atomic mass is 9.95. The maximum atomic E-state index is 11.2. The van der Waals surface area contributed by atoms with Crippen LogP contribution in [0.15, 0.2) is 29.3 Å². The van der Waals surface area contributed by atoms with Gasteiger partial charge in [-0.25, -0.2) is 0 Å². The zero-order valence-corrected chi connectivity index (χ0v) is 14.9. The van der Waals surface area contributed by atoms with E-state index in [1.54, 1.807) is 7.05 Å². The molecule has 1 heterocycles. The van der Waals surface area contributed by atoms with Gasteiger partial charge in [-0.1, -0.05) is 12.1 Å². The van der Waals surface area contributed by atoms with Crippen LogP contribution in [-0.4, -0.2) is 42.8 Å². The van der Waals surface area contributed by atoms with E-state index in [0.717, 1.165) is 43.1 Å². The van der Waals surface area contributed by atoms with E-state index in [4.69, 9.17) is 5.73 Å². The lowest BCUT2D eigenvalue weighted by molar-refractivity contribution is -0.119. The molecule has 25 heavy (non-hydrogen) atoms. The molecular weight excluding hydrogens is 318 g/mol. The van der Waals surface area contributed by atoms with Crippen LogP contribution in [0.4, 0.5) is 5.69 Å². The van der Waals surface area contributed by atoms with Crippen LogP contribution >= 0.6 is 0 Å².